The number of thiazole rings is 1. The third-order valence-corrected chi connectivity index (χ3v) is 5.25. The van der Waals surface area contributed by atoms with Crippen LogP contribution in [0.25, 0.3) is 20.9 Å². The quantitative estimate of drug-likeness (QED) is 0.537. The zero-order valence-corrected chi connectivity index (χ0v) is 16.1. The normalized spacial score (nSPS) is 10.6. The summed E-state index contributed by atoms with van der Waals surface area (Å²) in [6.07, 6.45) is 1.66. The van der Waals surface area contributed by atoms with Gasteiger partial charge in [0, 0.05) is 12.3 Å². The van der Waals surface area contributed by atoms with Crippen molar-refractivity contribution in [2.45, 2.75) is 0 Å². The number of rotatable bonds is 5. The van der Waals surface area contributed by atoms with Gasteiger partial charge in [0.2, 0.25) is 0 Å². The lowest BCUT2D eigenvalue weighted by Crippen LogP contribution is -2.14. The maximum atomic E-state index is 13.0. The Balaban J connectivity index is 1.69. The van der Waals surface area contributed by atoms with E-state index < -0.39 is 0 Å². The van der Waals surface area contributed by atoms with Crippen molar-refractivity contribution in [3.63, 3.8) is 0 Å². The van der Waals surface area contributed by atoms with Crippen molar-refractivity contribution in [2.24, 2.45) is 0 Å². The molecule has 7 heteroatoms. The molecule has 2 heterocycles. The lowest BCUT2D eigenvalue weighted by molar-refractivity contribution is 0.102. The molecule has 28 heavy (non-hydrogen) atoms. The number of hydrogen-bond acceptors (Lipinski definition) is 6. The van der Waals surface area contributed by atoms with Gasteiger partial charge in [0.05, 0.1) is 35.7 Å². The summed E-state index contributed by atoms with van der Waals surface area (Å²) in [5.41, 5.74) is 2.43. The molecule has 0 aliphatic heterocycles. The number of carbonyl (C=O) groups excluding carboxylic acids is 1. The van der Waals surface area contributed by atoms with Crippen LogP contribution < -0.4 is 14.8 Å². The van der Waals surface area contributed by atoms with Crippen molar-refractivity contribution in [1.82, 2.24) is 9.97 Å². The van der Waals surface area contributed by atoms with Gasteiger partial charge in [-0.3, -0.25) is 9.78 Å². The van der Waals surface area contributed by atoms with Crippen LogP contribution in [0, 0.1) is 0 Å². The topological polar surface area (TPSA) is 73.3 Å². The van der Waals surface area contributed by atoms with E-state index in [1.807, 2.05) is 24.3 Å². The highest BCUT2D eigenvalue weighted by Gasteiger charge is 2.18. The van der Waals surface area contributed by atoms with Crippen molar-refractivity contribution in [3.8, 4) is 22.2 Å². The van der Waals surface area contributed by atoms with Gasteiger partial charge < -0.3 is 14.8 Å². The van der Waals surface area contributed by atoms with Crippen LogP contribution >= 0.6 is 11.3 Å². The minimum Gasteiger partial charge on any atom is -0.497 e. The number of para-hydroxylation sites is 1. The fourth-order valence-electron chi connectivity index (χ4n) is 2.82. The van der Waals surface area contributed by atoms with Crippen molar-refractivity contribution >= 4 is 33.1 Å². The van der Waals surface area contributed by atoms with Gasteiger partial charge in [-0.25, -0.2) is 4.98 Å². The minimum absolute atomic E-state index is 0.286. The van der Waals surface area contributed by atoms with E-state index in [-0.39, 0.29) is 5.91 Å². The van der Waals surface area contributed by atoms with E-state index in [0.717, 1.165) is 10.2 Å². The number of aromatic nitrogens is 2. The molecule has 0 radical (unpaired) electrons. The third kappa shape index (κ3) is 3.39. The molecule has 1 N–H and O–H groups in total. The second-order valence-corrected chi connectivity index (χ2v) is 6.94. The number of fused-ring (bicyclic) bond motifs is 1. The summed E-state index contributed by atoms with van der Waals surface area (Å²) in [4.78, 5) is 22.0. The molecule has 0 spiro atoms. The van der Waals surface area contributed by atoms with E-state index in [1.165, 1.54) is 11.3 Å². The number of anilines is 1. The van der Waals surface area contributed by atoms with E-state index in [4.69, 9.17) is 9.47 Å². The highest BCUT2D eigenvalue weighted by molar-refractivity contribution is 7.21. The van der Waals surface area contributed by atoms with Crippen molar-refractivity contribution < 1.29 is 14.3 Å². The van der Waals surface area contributed by atoms with Crippen LogP contribution in [0.5, 0.6) is 11.5 Å². The molecule has 0 saturated heterocycles. The number of amides is 1. The number of carbonyl (C=O) groups is 1. The van der Waals surface area contributed by atoms with E-state index in [9.17, 15) is 4.79 Å². The Bertz CT molecular complexity index is 1120. The molecule has 2 aromatic carbocycles. The Morgan fingerprint density at radius 3 is 2.68 bits per heavy atom. The first-order valence-electron chi connectivity index (χ1n) is 8.54. The molecule has 4 rings (SSSR count). The fraction of sp³-hybridized carbons (Fsp3) is 0.0952. The number of nitrogens with one attached hydrogen (secondary N) is 1. The van der Waals surface area contributed by atoms with Crippen LogP contribution in [0.1, 0.15) is 10.4 Å². The molecule has 2 aromatic heterocycles. The molecular weight excluding hydrogens is 374 g/mol. The highest BCUT2D eigenvalue weighted by atomic mass is 32.1. The lowest BCUT2D eigenvalue weighted by Gasteiger charge is -2.12. The Labute approximate surface area is 165 Å². The van der Waals surface area contributed by atoms with Crippen LogP contribution in [0.2, 0.25) is 0 Å². The maximum Gasteiger partial charge on any atom is 0.258 e. The second-order valence-electron chi connectivity index (χ2n) is 5.91. The molecule has 0 aliphatic rings. The zero-order valence-electron chi connectivity index (χ0n) is 15.3. The molecule has 0 aliphatic carbocycles. The summed E-state index contributed by atoms with van der Waals surface area (Å²) < 4.78 is 11.6. The van der Waals surface area contributed by atoms with Gasteiger partial charge in [-0.15, -0.1) is 11.3 Å². The SMILES string of the molecule is COc1ccc(NC(=O)c2cccnc2-c2nc3ccccc3s2)c(OC)c1. The minimum atomic E-state index is -0.286. The molecule has 0 unspecified atom stereocenters. The van der Waals surface area contributed by atoms with Crippen molar-refractivity contribution in [3.05, 3.63) is 66.4 Å². The largest absolute Gasteiger partial charge is 0.497 e. The van der Waals surface area contributed by atoms with E-state index >= 15 is 0 Å². The van der Waals surface area contributed by atoms with Crippen molar-refractivity contribution in [2.75, 3.05) is 19.5 Å². The van der Waals surface area contributed by atoms with Gasteiger partial charge in [-0.05, 0) is 36.4 Å². The van der Waals surface area contributed by atoms with Crippen LogP contribution in [0.15, 0.2) is 60.8 Å². The first kappa shape index (κ1) is 17.9. The number of hydrogen-bond donors (Lipinski definition) is 1. The van der Waals surface area contributed by atoms with Crippen molar-refractivity contribution in [1.29, 1.82) is 0 Å². The number of methoxy groups -OCH3 is 2. The van der Waals surface area contributed by atoms with Gasteiger partial charge in [0.15, 0.2) is 0 Å². The fourth-order valence-corrected chi connectivity index (χ4v) is 3.80. The third-order valence-electron chi connectivity index (χ3n) is 4.21. The molecule has 0 bridgehead atoms. The first-order chi connectivity index (χ1) is 13.7. The average Bonchev–Trinajstić information content (AvgIpc) is 3.18. The Kier molecular flexibility index (Phi) is 4.90. The second kappa shape index (κ2) is 7.66. The summed E-state index contributed by atoms with van der Waals surface area (Å²) in [5, 5.41) is 3.59. The Hall–Kier alpha value is -3.45. The predicted molar refractivity (Wildman–Crippen MR) is 110 cm³/mol. The van der Waals surface area contributed by atoms with Gasteiger partial charge in [0.1, 0.15) is 22.2 Å². The summed E-state index contributed by atoms with van der Waals surface area (Å²) in [6.45, 7) is 0. The molecular formula is C21H17N3O3S. The van der Waals surface area contributed by atoms with Crippen LogP contribution in [0.3, 0.4) is 0 Å². The molecule has 0 saturated carbocycles. The Morgan fingerprint density at radius 2 is 1.89 bits per heavy atom. The van der Waals surface area contributed by atoms with Crippen LogP contribution in [-0.2, 0) is 0 Å². The van der Waals surface area contributed by atoms with Crippen LogP contribution in [0.4, 0.5) is 5.69 Å². The molecule has 140 valence electrons. The molecule has 0 fully saturated rings. The first-order valence-corrected chi connectivity index (χ1v) is 9.35. The standard InChI is InChI=1S/C21H17N3O3S/c1-26-13-9-10-15(17(12-13)27-2)23-20(25)14-6-5-11-22-19(14)21-24-16-7-3-4-8-18(16)28-21/h3-12H,1-2H3,(H,23,25). The number of nitrogens with zero attached hydrogens (tertiary/aromatic N) is 2. The zero-order chi connectivity index (χ0) is 19.5. The van der Waals surface area contributed by atoms with E-state index in [2.05, 4.69) is 15.3 Å². The maximum absolute atomic E-state index is 13.0. The van der Waals surface area contributed by atoms with E-state index in [0.29, 0.717) is 33.5 Å². The number of ether oxygens (including phenoxy) is 2. The summed E-state index contributed by atoms with van der Waals surface area (Å²) in [5.74, 6) is 0.871. The molecule has 0 atom stereocenters. The monoisotopic (exact) mass is 391 g/mol. The van der Waals surface area contributed by atoms with Gasteiger partial charge in [-0.1, -0.05) is 12.1 Å². The Morgan fingerprint density at radius 1 is 1.04 bits per heavy atom. The highest BCUT2D eigenvalue weighted by Crippen LogP contribution is 2.32. The van der Waals surface area contributed by atoms with Gasteiger partial charge in [0.25, 0.3) is 5.91 Å². The summed E-state index contributed by atoms with van der Waals surface area (Å²) in [7, 11) is 3.12. The van der Waals surface area contributed by atoms with Gasteiger partial charge >= 0.3 is 0 Å². The van der Waals surface area contributed by atoms with Crippen LogP contribution in [-0.4, -0.2) is 30.1 Å². The smallest absolute Gasteiger partial charge is 0.258 e. The summed E-state index contributed by atoms with van der Waals surface area (Å²) >= 11 is 1.51. The lowest BCUT2D eigenvalue weighted by atomic mass is 10.1. The molecule has 4 aromatic rings. The summed E-state index contributed by atoms with van der Waals surface area (Å²) in [6, 6.07) is 16.5. The average molecular weight is 391 g/mol. The molecule has 6 nitrogen and oxygen atoms in total. The molecule has 1 amide bonds. The number of benzene rings is 2. The van der Waals surface area contributed by atoms with Gasteiger partial charge in [-0.2, -0.15) is 0 Å². The predicted octanol–water partition coefficient (Wildman–Crippen LogP) is 4.63. The number of pyridine rings is 1. The van der Waals surface area contributed by atoms with E-state index in [1.54, 1.807) is 50.7 Å².